The molecular weight excluding hydrogens is 259 g/mol. The molecule has 0 unspecified atom stereocenters. The van der Waals surface area contributed by atoms with Crippen LogP contribution in [0.5, 0.6) is 0 Å². The molecule has 20 heavy (non-hydrogen) atoms. The summed E-state index contributed by atoms with van der Waals surface area (Å²) in [6, 6.07) is 3.86. The third kappa shape index (κ3) is 4.65. The Kier molecular flexibility index (Phi) is 6.16. The minimum absolute atomic E-state index is 0.214. The second kappa shape index (κ2) is 7.63. The number of carbonyl (C=O) groups is 1. The van der Waals surface area contributed by atoms with Gasteiger partial charge in [-0.05, 0) is 32.3 Å². The van der Waals surface area contributed by atoms with E-state index >= 15 is 0 Å². The lowest BCUT2D eigenvalue weighted by Gasteiger charge is -2.20. The highest BCUT2D eigenvalue weighted by molar-refractivity contribution is 5.96. The first kappa shape index (κ1) is 16.2. The van der Waals surface area contributed by atoms with Gasteiger partial charge in [-0.15, -0.1) is 0 Å². The summed E-state index contributed by atoms with van der Waals surface area (Å²) in [4.78, 5) is 15.8. The summed E-state index contributed by atoms with van der Waals surface area (Å²) in [6.07, 6.45) is 0. The number of likely N-dealkylation sites (N-methyl/N-ethyl adjacent to an activating group) is 2. The Morgan fingerprint density at radius 1 is 1.30 bits per heavy atom. The van der Waals surface area contributed by atoms with E-state index in [0.717, 1.165) is 6.54 Å². The Morgan fingerprint density at radius 2 is 2.00 bits per heavy atom. The third-order valence-electron chi connectivity index (χ3n) is 2.74. The molecule has 5 heteroatoms. The Bertz CT molecular complexity index is 532. The molecule has 0 saturated heterocycles. The molecule has 1 amide bonds. The van der Waals surface area contributed by atoms with Crippen LogP contribution in [0.15, 0.2) is 18.2 Å². The molecule has 108 valence electrons. The number of aliphatic hydroxyl groups is 1. The first-order valence-electron chi connectivity index (χ1n) is 6.25. The SMILES string of the molecule is CN(C)CCN(C)C(=O)c1ccc(F)cc1C#CCO. The molecule has 0 heterocycles. The fourth-order valence-corrected chi connectivity index (χ4v) is 1.60. The van der Waals surface area contributed by atoms with Crippen LogP contribution in [-0.4, -0.2) is 61.7 Å². The summed E-state index contributed by atoms with van der Waals surface area (Å²) in [5, 5.41) is 8.71. The van der Waals surface area contributed by atoms with Crippen molar-refractivity contribution in [3.05, 3.63) is 35.1 Å². The minimum Gasteiger partial charge on any atom is -0.384 e. The van der Waals surface area contributed by atoms with Crippen LogP contribution < -0.4 is 0 Å². The highest BCUT2D eigenvalue weighted by atomic mass is 19.1. The molecule has 0 aliphatic heterocycles. The molecule has 1 rings (SSSR count). The predicted octanol–water partition coefficient (Wildman–Crippen LogP) is 0.803. The molecule has 0 bridgehead atoms. The highest BCUT2D eigenvalue weighted by Gasteiger charge is 2.15. The van der Waals surface area contributed by atoms with E-state index < -0.39 is 5.82 Å². The van der Waals surface area contributed by atoms with E-state index in [4.69, 9.17) is 5.11 Å². The van der Waals surface area contributed by atoms with Gasteiger partial charge in [-0.25, -0.2) is 4.39 Å². The molecule has 0 aromatic heterocycles. The standard InChI is InChI=1S/C15H19FN2O2/c1-17(2)8-9-18(3)15(20)14-7-6-13(16)11-12(14)5-4-10-19/h6-7,11,19H,8-10H2,1-3H3. The van der Waals surface area contributed by atoms with Crippen LogP contribution in [0.2, 0.25) is 0 Å². The lowest BCUT2D eigenvalue weighted by atomic mass is 10.1. The molecule has 4 nitrogen and oxygen atoms in total. The Hall–Kier alpha value is -1.90. The van der Waals surface area contributed by atoms with Crippen LogP contribution in [0.3, 0.4) is 0 Å². The number of hydrogen-bond donors (Lipinski definition) is 1. The van der Waals surface area contributed by atoms with Crippen molar-refractivity contribution in [3.8, 4) is 11.8 Å². The monoisotopic (exact) mass is 278 g/mol. The van der Waals surface area contributed by atoms with Crippen molar-refractivity contribution in [3.63, 3.8) is 0 Å². The zero-order chi connectivity index (χ0) is 15.1. The molecule has 0 saturated carbocycles. The summed E-state index contributed by atoms with van der Waals surface area (Å²) in [5.74, 6) is 4.37. The number of amides is 1. The van der Waals surface area contributed by atoms with Gasteiger partial charge in [-0.1, -0.05) is 11.8 Å². The van der Waals surface area contributed by atoms with Crippen molar-refractivity contribution >= 4 is 5.91 Å². The van der Waals surface area contributed by atoms with Crippen LogP contribution in [-0.2, 0) is 0 Å². The van der Waals surface area contributed by atoms with Gasteiger partial charge in [0.2, 0.25) is 0 Å². The highest BCUT2D eigenvalue weighted by Crippen LogP contribution is 2.12. The van der Waals surface area contributed by atoms with E-state index in [-0.39, 0.29) is 12.5 Å². The zero-order valence-electron chi connectivity index (χ0n) is 12.0. The summed E-state index contributed by atoms with van der Waals surface area (Å²) in [7, 11) is 5.54. The fourth-order valence-electron chi connectivity index (χ4n) is 1.60. The van der Waals surface area contributed by atoms with Gasteiger partial charge in [0.15, 0.2) is 0 Å². The number of carbonyl (C=O) groups excluding carboxylic acids is 1. The van der Waals surface area contributed by atoms with E-state index in [1.54, 1.807) is 11.9 Å². The van der Waals surface area contributed by atoms with Crippen LogP contribution >= 0.6 is 0 Å². The molecule has 0 spiro atoms. The Balaban J connectivity index is 2.97. The number of aliphatic hydroxyl groups excluding tert-OH is 1. The largest absolute Gasteiger partial charge is 0.384 e. The molecular formula is C15H19FN2O2. The molecule has 0 atom stereocenters. The van der Waals surface area contributed by atoms with Crippen molar-refractivity contribution in [2.75, 3.05) is 40.8 Å². The zero-order valence-corrected chi connectivity index (χ0v) is 12.0. The lowest BCUT2D eigenvalue weighted by Crippen LogP contribution is -2.33. The molecule has 0 aliphatic carbocycles. The van der Waals surface area contributed by atoms with Gasteiger partial charge >= 0.3 is 0 Å². The second-order valence-corrected chi connectivity index (χ2v) is 4.68. The number of halogens is 1. The second-order valence-electron chi connectivity index (χ2n) is 4.68. The molecule has 0 fully saturated rings. The first-order valence-corrected chi connectivity index (χ1v) is 6.25. The summed E-state index contributed by atoms with van der Waals surface area (Å²) >= 11 is 0. The maximum absolute atomic E-state index is 13.2. The molecule has 0 aliphatic rings. The van der Waals surface area contributed by atoms with Gasteiger partial charge in [0.25, 0.3) is 5.91 Å². The van der Waals surface area contributed by atoms with Crippen molar-refractivity contribution in [1.29, 1.82) is 0 Å². The fraction of sp³-hybridized carbons (Fsp3) is 0.400. The summed E-state index contributed by atoms with van der Waals surface area (Å²) < 4.78 is 13.2. The van der Waals surface area contributed by atoms with Crippen LogP contribution in [0.25, 0.3) is 0 Å². The number of hydrogen-bond acceptors (Lipinski definition) is 3. The van der Waals surface area contributed by atoms with Gasteiger partial charge < -0.3 is 14.9 Å². The van der Waals surface area contributed by atoms with Gasteiger partial charge in [-0.2, -0.15) is 0 Å². The Labute approximate surface area is 118 Å². The van der Waals surface area contributed by atoms with Gasteiger partial charge in [0, 0.05) is 25.7 Å². The third-order valence-corrected chi connectivity index (χ3v) is 2.74. The van der Waals surface area contributed by atoms with Gasteiger partial charge in [0.05, 0.1) is 5.56 Å². The average molecular weight is 278 g/mol. The number of nitrogens with zero attached hydrogens (tertiary/aromatic N) is 2. The van der Waals surface area contributed by atoms with Crippen LogP contribution in [0, 0.1) is 17.7 Å². The number of rotatable bonds is 4. The minimum atomic E-state index is -0.459. The van der Waals surface area contributed by atoms with Crippen molar-refractivity contribution in [2.45, 2.75) is 0 Å². The normalized spacial score (nSPS) is 10.1. The van der Waals surface area contributed by atoms with E-state index in [9.17, 15) is 9.18 Å². The van der Waals surface area contributed by atoms with Crippen molar-refractivity contribution in [1.82, 2.24) is 9.80 Å². The quantitative estimate of drug-likeness (QED) is 0.829. The molecule has 1 aromatic rings. The first-order chi connectivity index (χ1) is 9.45. The molecule has 1 aromatic carbocycles. The van der Waals surface area contributed by atoms with Crippen LogP contribution in [0.4, 0.5) is 4.39 Å². The lowest BCUT2D eigenvalue weighted by molar-refractivity contribution is 0.0786. The maximum atomic E-state index is 13.2. The van der Waals surface area contributed by atoms with Crippen molar-refractivity contribution in [2.24, 2.45) is 0 Å². The Morgan fingerprint density at radius 3 is 2.60 bits per heavy atom. The van der Waals surface area contributed by atoms with Crippen molar-refractivity contribution < 1.29 is 14.3 Å². The van der Waals surface area contributed by atoms with E-state index in [1.807, 2.05) is 19.0 Å². The summed E-state index contributed by atoms with van der Waals surface area (Å²) in [6.45, 7) is 0.970. The topological polar surface area (TPSA) is 43.8 Å². The van der Waals surface area contributed by atoms with E-state index in [1.165, 1.54) is 18.2 Å². The maximum Gasteiger partial charge on any atom is 0.254 e. The van der Waals surface area contributed by atoms with E-state index in [2.05, 4.69) is 11.8 Å². The smallest absolute Gasteiger partial charge is 0.254 e. The number of benzene rings is 1. The predicted molar refractivity (Wildman–Crippen MR) is 75.9 cm³/mol. The molecule has 0 radical (unpaired) electrons. The van der Waals surface area contributed by atoms with Gasteiger partial charge in [0.1, 0.15) is 12.4 Å². The molecule has 1 N–H and O–H groups in total. The van der Waals surface area contributed by atoms with E-state index in [0.29, 0.717) is 17.7 Å². The average Bonchev–Trinajstić information content (AvgIpc) is 2.41. The van der Waals surface area contributed by atoms with Crippen LogP contribution in [0.1, 0.15) is 15.9 Å². The summed E-state index contributed by atoms with van der Waals surface area (Å²) in [5.41, 5.74) is 0.634. The van der Waals surface area contributed by atoms with Gasteiger partial charge in [-0.3, -0.25) is 4.79 Å².